The molecule has 3 aromatic rings. The number of alkyl halides is 2. The van der Waals surface area contributed by atoms with Crippen molar-refractivity contribution in [3.63, 3.8) is 0 Å². The van der Waals surface area contributed by atoms with E-state index in [1.807, 2.05) is 11.8 Å². The van der Waals surface area contributed by atoms with Crippen LogP contribution in [0.15, 0.2) is 47.8 Å². The second-order valence-electron chi connectivity index (χ2n) is 7.79. The van der Waals surface area contributed by atoms with E-state index in [0.29, 0.717) is 41.1 Å². The van der Waals surface area contributed by atoms with Gasteiger partial charge in [0.05, 0.1) is 12.2 Å². The molecule has 7 nitrogen and oxygen atoms in total. The van der Waals surface area contributed by atoms with Gasteiger partial charge in [-0.05, 0) is 30.7 Å². The van der Waals surface area contributed by atoms with Crippen molar-refractivity contribution in [3.05, 3.63) is 48.7 Å². The lowest BCUT2D eigenvalue weighted by Crippen LogP contribution is -2.59. The van der Waals surface area contributed by atoms with Gasteiger partial charge in [0.25, 0.3) is 5.92 Å². The number of fused-ring (bicyclic) bond motifs is 1. The Balaban J connectivity index is 1.58. The number of imidazole rings is 1. The summed E-state index contributed by atoms with van der Waals surface area (Å²) in [5.41, 5.74) is 7.28. The van der Waals surface area contributed by atoms with Crippen LogP contribution in [0.1, 0.15) is 26.2 Å². The largest absolute Gasteiger partial charge is 0.385 e. The lowest BCUT2D eigenvalue weighted by molar-refractivity contribution is -0.0866. The van der Waals surface area contributed by atoms with Crippen molar-refractivity contribution in [2.75, 3.05) is 4.90 Å². The molecule has 1 aliphatic carbocycles. The van der Waals surface area contributed by atoms with Gasteiger partial charge in [-0.25, -0.2) is 28.1 Å². The van der Waals surface area contributed by atoms with E-state index in [9.17, 15) is 13.2 Å². The van der Waals surface area contributed by atoms with Gasteiger partial charge < -0.3 is 10.6 Å². The molecule has 0 spiro atoms. The maximum absolute atomic E-state index is 13.7. The molecule has 5 rings (SSSR count). The van der Waals surface area contributed by atoms with Crippen molar-refractivity contribution >= 4 is 17.3 Å². The zero-order valence-electron chi connectivity index (χ0n) is 16.7. The van der Waals surface area contributed by atoms with Crippen LogP contribution in [-0.4, -0.2) is 43.4 Å². The van der Waals surface area contributed by atoms with Crippen molar-refractivity contribution in [1.29, 1.82) is 0 Å². The first kappa shape index (κ1) is 19.5. The quantitative estimate of drug-likeness (QED) is 0.684. The average Bonchev–Trinajstić information content (AvgIpc) is 3.21. The third-order valence-electron chi connectivity index (χ3n) is 5.72. The number of anilines is 1. The third kappa shape index (κ3) is 3.31. The van der Waals surface area contributed by atoms with Crippen LogP contribution in [-0.2, 0) is 0 Å². The second-order valence-corrected chi connectivity index (χ2v) is 7.79. The fraction of sp³-hybridized carbons (Fsp3) is 0.333. The summed E-state index contributed by atoms with van der Waals surface area (Å²) in [6.45, 7) is 1.94. The summed E-state index contributed by atoms with van der Waals surface area (Å²) in [7, 11) is 0. The van der Waals surface area contributed by atoms with Gasteiger partial charge in [0, 0.05) is 36.8 Å². The SMILES string of the molecule is CC[C@@H]1C(N)=Nc2cnc(-n3ccnc3-c3ccc(F)cc3)nc2N1C1CC(F)(F)C1. The third-order valence-corrected chi connectivity index (χ3v) is 5.72. The van der Waals surface area contributed by atoms with Gasteiger partial charge in [0.2, 0.25) is 5.95 Å². The average molecular weight is 427 g/mol. The molecule has 2 aliphatic rings. The van der Waals surface area contributed by atoms with Crippen molar-refractivity contribution in [1.82, 2.24) is 19.5 Å². The van der Waals surface area contributed by atoms with E-state index in [1.54, 1.807) is 29.1 Å². The van der Waals surface area contributed by atoms with E-state index in [1.165, 1.54) is 18.3 Å². The maximum atomic E-state index is 13.7. The van der Waals surface area contributed by atoms with Crippen LogP contribution in [0.25, 0.3) is 17.3 Å². The topological polar surface area (TPSA) is 85.2 Å². The highest BCUT2D eigenvalue weighted by Gasteiger charge is 2.51. The Bertz CT molecular complexity index is 1150. The lowest BCUT2D eigenvalue weighted by Gasteiger charge is -2.47. The Hall–Kier alpha value is -3.43. The Kier molecular flexibility index (Phi) is 4.45. The van der Waals surface area contributed by atoms with Crippen molar-refractivity contribution in [2.45, 2.75) is 44.2 Å². The number of hydrogen-bond acceptors (Lipinski definition) is 6. The minimum atomic E-state index is -2.68. The molecule has 1 saturated carbocycles. The first-order valence-corrected chi connectivity index (χ1v) is 10.0. The van der Waals surface area contributed by atoms with Gasteiger partial charge in [-0.15, -0.1) is 0 Å². The molecule has 0 radical (unpaired) electrons. The molecule has 2 aromatic heterocycles. The number of benzene rings is 1. The monoisotopic (exact) mass is 427 g/mol. The van der Waals surface area contributed by atoms with Crippen LogP contribution in [0.4, 0.5) is 24.7 Å². The van der Waals surface area contributed by atoms with Gasteiger partial charge in [-0.1, -0.05) is 6.92 Å². The fourth-order valence-corrected chi connectivity index (χ4v) is 4.18. The number of amidine groups is 1. The number of halogens is 3. The summed E-state index contributed by atoms with van der Waals surface area (Å²) < 4.78 is 42.3. The van der Waals surface area contributed by atoms with Gasteiger partial charge in [-0.2, -0.15) is 4.98 Å². The number of rotatable bonds is 4. The smallest absolute Gasteiger partial charge is 0.252 e. The van der Waals surface area contributed by atoms with E-state index in [0.717, 1.165) is 0 Å². The highest BCUT2D eigenvalue weighted by molar-refractivity contribution is 5.95. The molecular formula is C21H20F3N7. The highest BCUT2D eigenvalue weighted by Crippen LogP contribution is 2.45. The Morgan fingerprint density at radius 2 is 1.90 bits per heavy atom. The number of aromatic nitrogens is 4. The van der Waals surface area contributed by atoms with E-state index in [4.69, 9.17) is 5.73 Å². The number of nitrogens with two attached hydrogens (primary N) is 1. The minimum Gasteiger partial charge on any atom is -0.385 e. The van der Waals surface area contributed by atoms with Gasteiger partial charge in [-0.3, -0.25) is 4.57 Å². The lowest BCUT2D eigenvalue weighted by atomic mass is 9.85. The summed E-state index contributed by atoms with van der Waals surface area (Å²) in [5, 5.41) is 0. The Morgan fingerprint density at radius 1 is 1.16 bits per heavy atom. The summed E-state index contributed by atoms with van der Waals surface area (Å²) in [4.78, 5) is 19.7. The predicted octanol–water partition coefficient (Wildman–Crippen LogP) is 3.85. The molecule has 0 bridgehead atoms. The summed E-state index contributed by atoms with van der Waals surface area (Å²) in [6, 6.07) is 5.25. The molecule has 160 valence electrons. The highest BCUT2D eigenvalue weighted by atomic mass is 19.3. The molecule has 0 amide bonds. The van der Waals surface area contributed by atoms with Crippen molar-refractivity contribution in [3.8, 4) is 17.3 Å². The van der Waals surface area contributed by atoms with Crippen molar-refractivity contribution in [2.24, 2.45) is 10.7 Å². The minimum absolute atomic E-state index is 0.249. The zero-order valence-corrected chi connectivity index (χ0v) is 16.7. The normalized spacial score (nSPS) is 20.2. The first-order chi connectivity index (χ1) is 14.9. The van der Waals surface area contributed by atoms with Gasteiger partial charge >= 0.3 is 0 Å². The Labute approximate surface area is 176 Å². The number of aliphatic imine (C=N–C) groups is 1. The van der Waals surface area contributed by atoms with Crippen LogP contribution in [0, 0.1) is 5.82 Å². The summed E-state index contributed by atoms with van der Waals surface area (Å²) in [6.07, 6.45) is 4.94. The van der Waals surface area contributed by atoms with Gasteiger partial charge in [0.15, 0.2) is 5.82 Å². The van der Waals surface area contributed by atoms with E-state index < -0.39 is 5.92 Å². The number of nitrogens with zero attached hydrogens (tertiary/aromatic N) is 6. The van der Waals surface area contributed by atoms with Gasteiger partial charge in [0.1, 0.15) is 23.2 Å². The molecule has 3 heterocycles. The van der Waals surface area contributed by atoms with Crippen LogP contribution in [0.5, 0.6) is 0 Å². The van der Waals surface area contributed by atoms with Crippen LogP contribution >= 0.6 is 0 Å². The molecule has 2 N–H and O–H groups in total. The van der Waals surface area contributed by atoms with Crippen molar-refractivity contribution < 1.29 is 13.2 Å². The molecule has 10 heteroatoms. The maximum Gasteiger partial charge on any atom is 0.252 e. The molecular weight excluding hydrogens is 407 g/mol. The Morgan fingerprint density at radius 3 is 2.58 bits per heavy atom. The first-order valence-electron chi connectivity index (χ1n) is 10.0. The predicted molar refractivity (Wildman–Crippen MR) is 110 cm³/mol. The molecule has 31 heavy (non-hydrogen) atoms. The zero-order chi connectivity index (χ0) is 21.8. The van der Waals surface area contributed by atoms with Crippen LogP contribution in [0.2, 0.25) is 0 Å². The van der Waals surface area contributed by atoms with E-state index >= 15 is 0 Å². The van der Waals surface area contributed by atoms with Crippen LogP contribution in [0.3, 0.4) is 0 Å². The second kappa shape index (κ2) is 7.07. The molecule has 0 unspecified atom stereocenters. The van der Waals surface area contributed by atoms with E-state index in [2.05, 4.69) is 19.9 Å². The number of hydrogen-bond donors (Lipinski definition) is 1. The molecule has 0 saturated heterocycles. The molecule has 1 aliphatic heterocycles. The molecule has 1 atom stereocenters. The fourth-order valence-electron chi connectivity index (χ4n) is 4.18. The molecule has 1 fully saturated rings. The van der Waals surface area contributed by atoms with Crippen LogP contribution < -0.4 is 10.6 Å². The molecule has 1 aromatic carbocycles. The standard InChI is InChI=1S/C21H20F3N7/c1-2-16-17(25)28-15-11-27-20(29-19(15)31(16)14-9-21(23,24)10-14)30-8-7-26-18(30)12-3-5-13(22)6-4-12/h3-8,11,14,16H,2,9-10H2,1H3,(H2,25,28)/t16-/m1/s1. The summed E-state index contributed by atoms with van der Waals surface area (Å²) in [5.74, 6) is -1.32. The van der Waals surface area contributed by atoms with E-state index in [-0.39, 0.29) is 30.7 Å². The summed E-state index contributed by atoms with van der Waals surface area (Å²) >= 11 is 0.